The molecule has 0 spiro atoms. The summed E-state index contributed by atoms with van der Waals surface area (Å²) in [5, 5.41) is 11.8. The summed E-state index contributed by atoms with van der Waals surface area (Å²) in [4.78, 5) is 23.6. The first-order valence-electron chi connectivity index (χ1n) is 6.35. The first-order chi connectivity index (χ1) is 9.65. The first-order valence-corrected chi connectivity index (χ1v) is 7.17. The largest absolute Gasteiger partial charge is 0.477 e. The smallest absolute Gasteiger partial charge is 0.345 e. The molecule has 1 aliphatic carbocycles. The second-order valence-corrected chi connectivity index (χ2v) is 5.77. The zero-order valence-electron chi connectivity index (χ0n) is 10.6. The highest BCUT2D eigenvalue weighted by molar-refractivity contribution is 7.15. The fraction of sp³-hybridized carbons (Fsp3) is 0.286. The van der Waals surface area contributed by atoms with E-state index in [0.717, 1.165) is 41.9 Å². The third kappa shape index (κ3) is 2.34. The SMILES string of the molecule is O=C(O)c1ccc(C(=O)N[C@@H]2CCCc3occc32)s1. The maximum absolute atomic E-state index is 12.2. The van der Waals surface area contributed by atoms with Gasteiger partial charge < -0.3 is 14.8 Å². The van der Waals surface area contributed by atoms with E-state index in [2.05, 4.69) is 5.32 Å². The Kier molecular flexibility index (Phi) is 3.31. The lowest BCUT2D eigenvalue weighted by Crippen LogP contribution is -2.29. The molecule has 0 aliphatic heterocycles. The molecule has 0 unspecified atom stereocenters. The average Bonchev–Trinajstić information content (AvgIpc) is 3.08. The van der Waals surface area contributed by atoms with Crippen LogP contribution in [0.25, 0.3) is 0 Å². The Labute approximate surface area is 119 Å². The van der Waals surface area contributed by atoms with Crippen LogP contribution >= 0.6 is 11.3 Å². The number of carboxylic acids is 1. The lowest BCUT2D eigenvalue weighted by atomic mass is 9.93. The number of carboxylic acid groups (broad SMARTS) is 1. The van der Waals surface area contributed by atoms with Crippen LogP contribution in [0.15, 0.2) is 28.9 Å². The van der Waals surface area contributed by atoms with Gasteiger partial charge in [-0.25, -0.2) is 4.79 Å². The molecule has 0 aromatic carbocycles. The molecule has 2 heterocycles. The van der Waals surface area contributed by atoms with Crippen molar-refractivity contribution in [2.24, 2.45) is 0 Å². The molecule has 0 saturated heterocycles. The number of rotatable bonds is 3. The molecule has 0 fully saturated rings. The molecule has 2 aromatic rings. The third-order valence-electron chi connectivity index (χ3n) is 3.40. The number of hydrogen-bond acceptors (Lipinski definition) is 4. The molecule has 20 heavy (non-hydrogen) atoms. The Balaban J connectivity index is 1.75. The van der Waals surface area contributed by atoms with Crippen molar-refractivity contribution in [2.75, 3.05) is 0 Å². The van der Waals surface area contributed by atoms with Crippen LogP contribution in [0.3, 0.4) is 0 Å². The Morgan fingerprint density at radius 1 is 1.30 bits per heavy atom. The van der Waals surface area contributed by atoms with Gasteiger partial charge in [0.2, 0.25) is 0 Å². The molecular weight excluding hydrogens is 278 g/mol. The van der Waals surface area contributed by atoms with Crippen LogP contribution in [0.5, 0.6) is 0 Å². The van der Waals surface area contributed by atoms with Crippen molar-refractivity contribution >= 4 is 23.2 Å². The van der Waals surface area contributed by atoms with Crippen molar-refractivity contribution < 1.29 is 19.1 Å². The lowest BCUT2D eigenvalue weighted by molar-refractivity contribution is 0.0702. The van der Waals surface area contributed by atoms with Crippen LogP contribution in [0.4, 0.5) is 0 Å². The predicted molar refractivity (Wildman–Crippen MR) is 73.1 cm³/mol. The Morgan fingerprint density at radius 3 is 2.85 bits per heavy atom. The number of amides is 1. The molecule has 5 nitrogen and oxygen atoms in total. The van der Waals surface area contributed by atoms with E-state index in [-0.39, 0.29) is 16.8 Å². The van der Waals surface area contributed by atoms with Gasteiger partial charge in [0.25, 0.3) is 5.91 Å². The maximum Gasteiger partial charge on any atom is 0.345 e. The van der Waals surface area contributed by atoms with E-state index in [0.29, 0.717) is 4.88 Å². The second kappa shape index (κ2) is 5.13. The van der Waals surface area contributed by atoms with Gasteiger partial charge in [0, 0.05) is 12.0 Å². The summed E-state index contributed by atoms with van der Waals surface area (Å²) in [6.45, 7) is 0. The van der Waals surface area contributed by atoms with E-state index in [1.807, 2.05) is 6.07 Å². The van der Waals surface area contributed by atoms with Crippen molar-refractivity contribution in [3.63, 3.8) is 0 Å². The quantitative estimate of drug-likeness (QED) is 0.911. The summed E-state index contributed by atoms with van der Waals surface area (Å²) in [5.41, 5.74) is 1.03. The standard InChI is InChI=1S/C14H13NO4S/c16-13(11-4-5-12(20-11)14(17)18)15-9-2-1-3-10-8(9)6-7-19-10/h4-7,9H,1-3H2,(H,15,16)(H,17,18)/t9-/m1/s1. The van der Waals surface area contributed by atoms with Crippen LogP contribution in [0, 0.1) is 0 Å². The van der Waals surface area contributed by atoms with Crippen LogP contribution in [0.2, 0.25) is 0 Å². The number of hydrogen-bond donors (Lipinski definition) is 2. The van der Waals surface area contributed by atoms with Crippen LogP contribution in [-0.4, -0.2) is 17.0 Å². The zero-order chi connectivity index (χ0) is 14.1. The van der Waals surface area contributed by atoms with Gasteiger partial charge >= 0.3 is 5.97 Å². The van der Waals surface area contributed by atoms with Crippen molar-refractivity contribution in [1.29, 1.82) is 0 Å². The fourth-order valence-electron chi connectivity index (χ4n) is 2.44. The number of nitrogens with one attached hydrogen (secondary N) is 1. The number of furan rings is 1. The summed E-state index contributed by atoms with van der Waals surface area (Å²) in [6, 6.07) is 4.82. The second-order valence-electron chi connectivity index (χ2n) is 4.69. The third-order valence-corrected chi connectivity index (χ3v) is 4.47. The Hall–Kier alpha value is -2.08. The van der Waals surface area contributed by atoms with E-state index in [1.54, 1.807) is 12.3 Å². The predicted octanol–water partition coefficient (Wildman–Crippen LogP) is 2.85. The van der Waals surface area contributed by atoms with Gasteiger partial charge in [0.05, 0.1) is 17.2 Å². The minimum absolute atomic E-state index is 0.0552. The van der Waals surface area contributed by atoms with E-state index in [1.165, 1.54) is 6.07 Å². The van der Waals surface area contributed by atoms with Crippen LogP contribution in [-0.2, 0) is 6.42 Å². The number of carbonyl (C=O) groups is 2. The minimum atomic E-state index is -1.01. The average molecular weight is 291 g/mol. The summed E-state index contributed by atoms with van der Waals surface area (Å²) in [7, 11) is 0. The van der Waals surface area contributed by atoms with E-state index in [4.69, 9.17) is 9.52 Å². The first kappa shape index (κ1) is 12.9. The van der Waals surface area contributed by atoms with Gasteiger partial charge in [0.1, 0.15) is 10.6 Å². The van der Waals surface area contributed by atoms with Crippen molar-refractivity contribution in [3.8, 4) is 0 Å². The van der Waals surface area contributed by atoms with Gasteiger partial charge in [-0.1, -0.05) is 0 Å². The van der Waals surface area contributed by atoms with E-state index >= 15 is 0 Å². The molecule has 1 aliphatic rings. The summed E-state index contributed by atoms with van der Waals surface area (Å²) in [5.74, 6) is -0.315. The molecule has 3 rings (SSSR count). The van der Waals surface area contributed by atoms with E-state index < -0.39 is 5.97 Å². The highest BCUT2D eigenvalue weighted by Crippen LogP contribution is 2.31. The normalized spacial score (nSPS) is 17.5. The van der Waals surface area contributed by atoms with Gasteiger partial charge in [-0.15, -0.1) is 11.3 Å². The fourth-order valence-corrected chi connectivity index (χ4v) is 3.19. The topological polar surface area (TPSA) is 79.5 Å². The van der Waals surface area contributed by atoms with Crippen molar-refractivity contribution in [2.45, 2.75) is 25.3 Å². The molecule has 2 aromatic heterocycles. The monoisotopic (exact) mass is 291 g/mol. The van der Waals surface area contributed by atoms with E-state index in [9.17, 15) is 9.59 Å². The minimum Gasteiger partial charge on any atom is -0.477 e. The molecule has 0 radical (unpaired) electrons. The molecule has 104 valence electrons. The Morgan fingerprint density at radius 2 is 2.10 bits per heavy atom. The molecule has 0 saturated carbocycles. The lowest BCUT2D eigenvalue weighted by Gasteiger charge is -2.22. The maximum atomic E-state index is 12.2. The number of fused-ring (bicyclic) bond motifs is 1. The summed E-state index contributed by atoms with van der Waals surface area (Å²) >= 11 is 0.986. The summed E-state index contributed by atoms with van der Waals surface area (Å²) < 4.78 is 5.38. The molecule has 0 bridgehead atoms. The number of aryl methyl sites for hydroxylation is 1. The molecule has 1 amide bonds. The number of aromatic carboxylic acids is 1. The summed E-state index contributed by atoms with van der Waals surface area (Å²) in [6.07, 6.45) is 4.38. The van der Waals surface area contributed by atoms with Crippen molar-refractivity contribution in [1.82, 2.24) is 5.32 Å². The molecule has 1 atom stereocenters. The highest BCUT2D eigenvalue weighted by atomic mass is 32.1. The number of carbonyl (C=O) groups excluding carboxylic acids is 1. The molecule has 2 N–H and O–H groups in total. The Bertz CT molecular complexity index is 658. The zero-order valence-corrected chi connectivity index (χ0v) is 11.4. The van der Waals surface area contributed by atoms with Crippen molar-refractivity contribution in [3.05, 3.63) is 45.5 Å². The van der Waals surface area contributed by atoms with Gasteiger partial charge in [-0.2, -0.15) is 0 Å². The number of thiophene rings is 1. The van der Waals surface area contributed by atoms with Gasteiger partial charge in [0.15, 0.2) is 0 Å². The van der Waals surface area contributed by atoms with Crippen LogP contribution < -0.4 is 5.32 Å². The molecule has 6 heteroatoms. The van der Waals surface area contributed by atoms with Gasteiger partial charge in [-0.3, -0.25) is 4.79 Å². The van der Waals surface area contributed by atoms with Crippen LogP contribution in [0.1, 0.15) is 49.6 Å². The highest BCUT2D eigenvalue weighted by Gasteiger charge is 2.25. The molecular formula is C14H13NO4S. The van der Waals surface area contributed by atoms with Gasteiger partial charge in [-0.05, 0) is 31.0 Å².